The summed E-state index contributed by atoms with van der Waals surface area (Å²) in [6, 6.07) is 3.31. The largest absolute Gasteiger partial charge is 0.337 e. The number of nitrogens with two attached hydrogens (primary N) is 1. The molecule has 0 atom stereocenters. The lowest BCUT2D eigenvalue weighted by Crippen LogP contribution is -2.38. The van der Waals surface area contributed by atoms with E-state index in [-0.39, 0.29) is 5.91 Å². The molecule has 2 rings (SSSR count). The summed E-state index contributed by atoms with van der Waals surface area (Å²) in [6.45, 7) is 3.85. The molecule has 1 saturated heterocycles. The zero-order valence-corrected chi connectivity index (χ0v) is 11.3. The minimum Gasteiger partial charge on any atom is -0.337 e. The summed E-state index contributed by atoms with van der Waals surface area (Å²) in [6.07, 6.45) is 4.67. The van der Waals surface area contributed by atoms with E-state index in [1.807, 2.05) is 4.90 Å². The van der Waals surface area contributed by atoms with E-state index in [2.05, 4.69) is 22.5 Å². The fraction of sp³-hybridized carbons (Fsp3) is 0.615. The van der Waals surface area contributed by atoms with E-state index in [0.29, 0.717) is 11.5 Å². The van der Waals surface area contributed by atoms with E-state index in [1.165, 1.54) is 12.8 Å². The quantitative estimate of drug-likeness (QED) is 0.634. The third kappa shape index (κ3) is 3.41. The fourth-order valence-electron chi connectivity index (χ4n) is 2.52. The maximum atomic E-state index is 12.2. The molecule has 2 heterocycles. The van der Waals surface area contributed by atoms with Gasteiger partial charge in [-0.1, -0.05) is 19.8 Å². The summed E-state index contributed by atoms with van der Waals surface area (Å²) in [5.41, 5.74) is 2.78. The van der Waals surface area contributed by atoms with Crippen molar-refractivity contribution < 1.29 is 4.79 Å². The number of anilines is 1. The van der Waals surface area contributed by atoms with Gasteiger partial charge in [-0.3, -0.25) is 4.79 Å². The van der Waals surface area contributed by atoms with Crippen LogP contribution in [0.5, 0.6) is 0 Å². The van der Waals surface area contributed by atoms with Crippen LogP contribution in [-0.4, -0.2) is 34.1 Å². The van der Waals surface area contributed by atoms with Gasteiger partial charge in [0.1, 0.15) is 0 Å². The van der Waals surface area contributed by atoms with Gasteiger partial charge >= 0.3 is 0 Å². The second-order valence-electron chi connectivity index (χ2n) is 4.97. The normalized spacial score (nSPS) is 16.4. The molecule has 0 saturated carbocycles. The SMILES string of the molecule is CCCC1CCN(C(=O)c2ccc(NN)nn2)CC1. The number of carbonyl (C=O) groups is 1. The lowest BCUT2D eigenvalue weighted by Gasteiger charge is -2.31. The van der Waals surface area contributed by atoms with Crippen molar-refractivity contribution in [2.45, 2.75) is 32.6 Å². The van der Waals surface area contributed by atoms with E-state index in [4.69, 9.17) is 5.84 Å². The first kappa shape index (κ1) is 13.7. The fourth-order valence-corrected chi connectivity index (χ4v) is 2.52. The number of hydrogen-bond acceptors (Lipinski definition) is 5. The molecule has 1 fully saturated rings. The van der Waals surface area contributed by atoms with E-state index >= 15 is 0 Å². The van der Waals surface area contributed by atoms with Gasteiger partial charge in [0.15, 0.2) is 11.5 Å². The van der Waals surface area contributed by atoms with Crippen LogP contribution in [0, 0.1) is 5.92 Å². The molecule has 3 N–H and O–H groups in total. The van der Waals surface area contributed by atoms with Gasteiger partial charge in [0, 0.05) is 13.1 Å². The summed E-state index contributed by atoms with van der Waals surface area (Å²) in [5, 5.41) is 7.72. The highest BCUT2D eigenvalue weighted by Crippen LogP contribution is 2.22. The Bertz CT molecular complexity index is 412. The lowest BCUT2D eigenvalue weighted by molar-refractivity contribution is 0.0679. The van der Waals surface area contributed by atoms with Crippen molar-refractivity contribution >= 4 is 11.7 Å². The van der Waals surface area contributed by atoms with Crippen molar-refractivity contribution in [1.82, 2.24) is 15.1 Å². The van der Waals surface area contributed by atoms with Gasteiger partial charge in [-0.2, -0.15) is 0 Å². The van der Waals surface area contributed by atoms with Crippen LogP contribution in [0.15, 0.2) is 12.1 Å². The third-order valence-electron chi connectivity index (χ3n) is 3.63. The highest BCUT2D eigenvalue weighted by atomic mass is 16.2. The predicted molar refractivity (Wildman–Crippen MR) is 73.4 cm³/mol. The Kier molecular flexibility index (Phi) is 4.68. The second-order valence-corrected chi connectivity index (χ2v) is 4.97. The number of nitrogens with one attached hydrogen (secondary N) is 1. The van der Waals surface area contributed by atoms with Gasteiger partial charge in [-0.25, -0.2) is 5.84 Å². The Morgan fingerprint density at radius 1 is 1.42 bits per heavy atom. The number of hydrogen-bond donors (Lipinski definition) is 2. The molecule has 6 nitrogen and oxygen atoms in total. The Balaban J connectivity index is 1.93. The van der Waals surface area contributed by atoms with Gasteiger partial charge in [-0.05, 0) is 30.9 Å². The highest BCUT2D eigenvalue weighted by Gasteiger charge is 2.24. The average Bonchev–Trinajstić information content (AvgIpc) is 2.48. The molecular weight excluding hydrogens is 242 g/mol. The Labute approximate surface area is 113 Å². The van der Waals surface area contributed by atoms with Crippen LogP contribution in [0.25, 0.3) is 0 Å². The molecule has 1 amide bonds. The molecule has 1 aromatic heterocycles. The molecule has 0 aromatic carbocycles. The minimum absolute atomic E-state index is 0.0361. The molecule has 0 spiro atoms. The summed E-state index contributed by atoms with van der Waals surface area (Å²) >= 11 is 0. The van der Waals surface area contributed by atoms with Gasteiger partial charge < -0.3 is 10.3 Å². The Morgan fingerprint density at radius 3 is 2.68 bits per heavy atom. The Morgan fingerprint density at radius 2 is 2.16 bits per heavy atom. The predicted octanol–water partition coefficient (Wildman–Crippen LogP) is 1.41. The molecule has 0 aliphatic carbocycles. The number of amides is 1. The van der Waals surface area contributed by atoms with Gasteiger partial charge in [0.25, 0.3) is 5.91 Å². The van der Waals surface area contributed by atoms with Crippen molar-refractivity contribution in [2.24, 2.45) is 11.8 Å². The zero-order chi connectivity index (χ0) is 13.7. The van der Waals surface area contributed by atoms with Crippen molar-refractivity contribution in [3.8, 4) is 0 Å². The summed E-state index contributed by atoms with van der Waals surface area (Å²) in [5.74, 6) is 6.40. The minimum atomic E-state index is -0.0361. The van der Waals surface area contributed by atoms with Crippen molar-refractivity contribution in [3.05, 3.63) is 17.8 Å². The highest BCUT2D eigenvalue weighted by molar-refractivity contribution is 5.92. The standard InChI is InChI=1S/C13H21N5O/c1-2-3-10-6-8-18(9-7-10)13(19)11-4-5-12(15-14)17-16-11/h4-5,10H,2-3,6-9,14H2,1H3,(H,15,17). The summed E-state index contributed by atoms with van der Waals surface area (Å²) < 4.78 is 0. The maximum absolute atomic E-state index is 12.2. The number of aromatic nitrogens is 2. The first-order valence-corrected chi connectivity index (χ1v) is 6.84. The van der Waals surface area contributed by atoms with Crippen LogP contribution in [0.3, 0.4) is 0 Å². The lowest BCUT2D eigenvalue weighted by atomic mass is 9.92. The van der Waals surface area contributed by atoms with E-state index < -0.39 is 0 Å². The second kappa shape index (κ2) is 6.47. The molecule has 0 unspecified atom stereocenters. The van der Waals surface area contributed by atoms with Gasteiger partial charge in [0.05, 0.1) is 0 Å². The van der Waals surface area contributed by atoms with E-state index in [9.17, 15) is 4.79 Å². The van der Waals surface area contributed by atoms with Crippen LogP contribution in [0.4, 0.5) is 5.82 Å². The molecule has 0 radical (unpaired) electrons. The third-order valence-corrected chi connectivity index (χ3v) is 3.63. The zero-order valence-electron chi connectivity index (χ0n) is 11.3. The van der Waals surface area contributed by atoms with Crippen LogP contribution in [0.2, 0.25) is 0 Å². The number of nitrogen functional groups attached to an aromatic ring is 1. The van der Waals surface area contributed by atoms with Crippen LogP contribution < -0.4 is 11.3 Å². The molecule has 19 heavy (non-hydrogen) atoms. The summed E-state index contributed by atoms with van der Waals surface area (Å²) in [7, 11) is 0. The van der Waals surface area contributed by atoms with Gasteiger partial charge in [0.2, 0.25) is 0 Å². The van der Waals surface area contributed by atoms with Crippen molar-refractivity contribution in [3.63, 3.8) is 0 Å². The molecular formula is C13H21N5O. The molecule has 0 bridgehead atoms. The van der Waals surface area contributed by atoms with E-state index in [1.54, 1.807) is 12.1 Å². The molecule has 1 aliphatic heterocycles. The molecule has 6 heteroatoms. The number of hydrazine groups is 1. The Hall–Kier alpha value is -1.69. The van der Waals surface area contributed by atoms with Crippen LogP contribution >= 0.6 is 0 Å². The number of likely N-dealkylation sites (tertiary alicyclic amines) is 1. The van der Waals surface area contributed by atoms with Crippen LogP contribution in [-0.2, 0) is 0 Å². The topological polar surface area (TPSA) is 84.1 Å². The maximum Gasteiger partial charge on any atom is 0.274 e. The smallest absolute Gasteiger partial charge is 0.274 e. The van der Waals surface area contributed by atoms with Crippen LogP contribution in [0.1, 0.15) is 43.1 Å². The number of piperidine rings is 1. The molecule has 1 aromatic rings. The molecule has 104 valence electrons. The number of carbonyl (C=O) groups excluding carboxylic acids is 1. The van der Waals surface area contributed by atoms with E-state index in [0.717, 1.165) is 31.8 Å². The number of nitrogens with zero attached hydrogens (tertiary/aromatic N) is 3. The van der Waals surface area contributed by atoms with Gasteiger partial charge in [-0.15, -0.1) is 10.2 Å². The summed E-state index contributed by atoms with van der Waals surface area (Å²) in [4.78, 5) is 14.1. The monoisotopic (exact) mass is 263 g/mol. The average molecular weight is 263 g/mol. The first-order chi connectivity index (χ1) is 9.24. The molecule has 1 aliphatic rings. The van der Waals surface area contributed by atoms with Crippen molar-refractivity contribution in [1.29, 1.82) is 0 Å². The first-order valence-electron chi connectivity index (χ1n) is 6.84. The number of rotatable bonds is 4. The van der Waals surface area contributed by atoms with Crippen molar-refractivity contribution in [2.75, 3.05) is 18.5 Å².